The highest BCUT2D eigenvalue weighted by molar-refractivity contribution is 5.89. The second-order valence-electron chi connectivity index (χ2n) is 2.91. The van der Waals surface area contributed by atoms with Crippen LogP contribution < -0.4 is 0 Å². The van der Waals surface area contributed by atoms with Crippen molar-refractivity contribution < 1.29 is 14.6 Å². The Morgan fingerprint density at radius 2 is 2.17 bits per heavy atom. The molecule has 0 saturated carbocycles. The number of rotatable bonds is 3. The number of aliphatic hydroxyl groups is 1. The molecule has 68 valence electrons. The standard InChI is InChI=1S/C9H14O3/c1-3-5-7-6(4-2)8(10)9(11)12-7/h7,10H,3-5H2,1-2H3. The lowest BCUT2D eigenvalue weighted by Gasteiger charge is -2.09. The van der Waals surface area contributed by atoms with E-state index in [0.717, 1.165) is 18.4 Å². The fourth-order valence-electron chi connectivity index (χ4n) is 1.43. The van der Waals surface area contributed by atoms with Crippen LogP contribution in [0.15, 0.2) is 11.3 Å². The number of ether oxygens (including phenoxy) is 1. The maximum atomic E-state index is 10.9. The molecule has 1 N–H and O–H groups in total. The predicted octanol–water partition coefficient (Wildman–Crippen LogP) is 1.93. The number of aliphatic hydroxyl groups excluding tert-OH is 1. The van der Waals surface area contributed by atoms with Gasteiger partial charge in [0.2, 0.25) is 5.76 Å². The molecule has 0 aromatic rings. The molecule has 1 atom stereocenters. The van der Waals surface area contributed by atoms with Crippen molar-refractivity contribution in [2.75, 3.05) is 0 Å². The van der Waals surface area contributed by atoms with Crippen LogP contribution in [0.1, 0.15) is 33.1 Å². The molecule has 0 aromatic carbocycles. The van der Waals surface area contributed by atoms with Crippen LogP contribution in [0.2, 0.25) is 0 Å². The zero-order chi connectivity index (χ0) is 9.14. The summed E-state index contributed by atoms with van der Waals surface area (Å²) < 4.78 is 4.95. The van der Waals surface area contributed by atoms with Crippen molar-refractivity contribution in [1.82, 2.24) is 0 Å². The van der Waals surface area contributed by atoms with Crippen LogP contribution in [0.25, 0.3) is 0 Å². The third-order valence-electron chi connectivity index (χ3n) is 2.07. The summed E-state index contributed by atoms with van der Waals surface area (Å²) in [6.45, 7) is 3.94. The molecule has 1 heterocycles. The van der Waals surface area contributed by atoms with Gasteiger partial charge >= 0.3 is 5.97 Å². The molecule has 3 nitrogen and oxygen atoms in total. The van der Waals surface area contributed by atoms with Gasteiger partial charge in [-0.1, -0.05) is 20.3 Å². The largest absolute Gasteiger partial charge is 0.502 e. The lowest BCUT2D eigenvalue weighted by atomic mass is 10.0. The van der Waals surface area contributed by atoms with Gasteiger partial charge in [0.15, 0.2) is 0 Å². The zero-order valence-electron chi connectivity index (χ0n) is 7.46. The van der Waals surface area contributed by atoms with Crippen LogP contribution in [-0.2, 0) is 9.53 Å². The van der Waals surface area contributed by atoms with E-state index in [1.807, 2.05) is 13.8 Å². The number of hydrogen-bond donors (Lipinski definition) is 1. The minimum absolute atomic E-state index is 0.170. The van der Waals surface area contributed by atoms with E-state index in [2.05, 4.69) is 0 Å². The van der Waals surface area contributed by atoms with E-state index in [9.17, 15) is 9.90 Å². The van der Waals surface area contributed by atoms with Crippen molar-refractivity contribution in [2.24, 2.45) is 0 Å². The monoisotopic (exact) mass is 170 g/mol. The highest BCUT2D eigenvalue weighted by Crippen LogP contribution is 2.26. The fourth-order valence-corrected chi connectivity index (χ4v) is 1.43. The van der Waals surface area contributed by atoms with Crippen LogP contribution in [0.3, 0.4) is 0 Å². The summed E-state index contributed by atoms with van der Waals surface area (Å²) in [5.41, 5.74) is 0.752. The van der Waals surface area contributed by atoms with E-state index in [1.165, 1.54) is 0 Å². The first-order valence-electron chi connectivity index (χ1n) is 4.33. The van der Waals surface area contributed by atoms with Gasteiger partial charge in [0.25, 0.3) is 0 Å². The molecular formula is C9H14O3. The van der Waals surface area contributed by atoms with E-state index in [0.29, 0.717) is 6.42 Å². The second-order valence-corrected chi connectivity index (χ2v) is 2.91. The molecule has 1 unspecified atom stereocenters. The Balaban J connectivity index is 2.75. The number of carbonyl (C=O) groups is 1. The van der Waals surface area contributed by atoms with Gasteiger partial charge in [-0.2, -0.15) is 0 Å². The van der Waals surface area contributed by atoms with E-state index in [-0.39, 0.29) is 11.9 Å². The van der Waals surface area contributed by atoms with Crippen molar-refractivity contribution in [3.05, 3.63) is 11.3 Å². The third-order valence-corrected chi connectivity index (χ3v) is 2.07. The van der Waals surface area contributed by atoms with E-state index >= 15 is 0 Å². The Bertz CT molecular complexity index is 218. The zero-order valence-corrected chi connectivity index (χ0v) is 7.46. The van der Waals surface area contributed by atoms with Crippen molar-refractivity contribution >= 4 is 5.97 Å². The third kappa shape index (κ3) is 1.44. The summed E-state index contributed by atoms with van der Waals surface area (Å²) in [5, 5.41) is 9.26. The van der Waals surface area contributed by atoms with Crippen molar-refractivity contribution in [1.29, 1.82) is 0 Å². The molecular weight excluding hydrogens is 156 g/mol. The van der Waals surface area contributed by atoms with Gasteiger partial charge in [0.05, 0.1) is 0 Å². The first-order valence-corrected chi connectivity index (χ1v) is 4.33. The normalized spacial score (nSPS) is 23.2. The average molecular weight is 170 g/mol. The van der Waals surface area contributed by atoms with Crippen molar-refractivity contribution in [3.63, 3.8) is 0 Å². The molecule has 1 aliphatic rings. The Morgan fingerprint density at radius 3 is 2.67 bits per heavy atom. The molecule has 0 aromatic heterocycles. The molecule has 0 bridgehead atoms. The highest BCUT2D eigenvalue weighted by atomic mass is 16.6. The van der Waals surface area contributed by atoms with E-state index < -0.39 is 5.97 Å². The topological polar surface area (TPSA) is 46.5 Å². The molecule has 0 spiro atoms. The molecule has 1 aliphatic heterocycles. The Labute approximate surface area is 72.0 Å². The first-order chi connectivity index (χ1) is 5.70. The summed E-state index contributed by atoms with van der Waals surface area (Å²) in [5.74, 6) is -0.735. The lowest BCUT2D eigenvalue weighted by molar-refractivity contribution is -0.142. The van der Waals surface area contributed by atoms with Crippen molar-refractivity contribution in [3.8, 4) is 0 Å². The van der Waals surface area contributed by atoms with Crippen LogP contribution >= 0.6 is 0 Å². The van der Waals surface area contributed by atoms with E-state index in [1.54, 1.807) is 0 Å². The summed E-state index contributed by atoms with van der Waals surface area (Å²) in [7, 11) is 0. The molecule has 0 fully saturated rings. The molecule has 0 saturated heterocycles. The minimum Gasteiger partial charge on any atom is -0.502 e. The average Bonchev–Trinajstić information content (AvgIpc) is 2.29. The van der Waals surface area contributed by atoms with Gasteiger partial charge in [0, 0.05) is 5.57 Å². The maximum Gasteiger partial charge on any atom is 0.374 e. The van der Waals surface area contributed by atoms with Crippen LogP contribution in [0, 0.1) is 0 Å². The lowest BCUT2D eigenvalue weighted by Crippen LogP contribution is -2.10. The Morgan fingerprint density at radius 1 is 1.50 bits per heavy atom. The summed E-state index contributed by atoms with van der Waals surface area (Å²) in [6, 6.07) is 0. The highest BCUT2D eigenvalue weighted by Gasteiger charge is 2.31. The predicted molar refractivity (Wildman–Crippen MR) is 44.7 cm³/mol. The Kier molecular flexibility index (Phi) is 2.74. The molecule has 0 amide bonds. The molecule has 0 aliphatic carbocycles. The van der Waals surface area contributed by atoms with Crippen LogP contribution in [0.4, 0.5) is 0 Å². The molecule has 3 heteroatoms. The van der Waals surface area contributed by atoms with Gasteiger partial charge in [-0.3, -0.25) is 0 Å². The van der Waals surface area contributed by atoms with Crippen LogP contribution in [0.5, 0.6) is 0 Å². The fraction of sp³-hybridized carbons (Fsp3) is 0.667. The first kappa shape index (κ1) is 9.10. The second kappa shape index (κ2) is 3.61. The molecule has 0 radical (unpaired) electrons. The number of cyclic esters (lactones) is 1. The van der Waals surface area contributed by atoms with Crippen molar-refractivity contribution in [2.45, 2.75) is 39.2 Å². The minimum atomic E-state index is -0.565. The Hall–Kier alpha value is -0.990. The van der Waals surface area contributed by atoms with Gasteiger partial charge in [-0.25, -0.2) is 4.79 Å². The SMILES string of the molecule is CCCC1OC(=O)C(O)=C1CC. The summed E-state index contributed by atoms with van der Waals surface area (Å²) >= 11 is 0. The summed E-state index contributed by atoms with van der Waals surface area (Å²) in [4.78, 5) is 10.9. The molecule has 1 rings (SSSR count). The van der Waals surface area contributed by atoms with Crippen LogP contribution in [-0.4, -0.2) is 17.2 Å². The van der Waals surface area contributed by atoms with E-state index in [4.69, 9.17) is 4.74 Å². The molecule has 12 heavy (non-hydrogen) atoms. The maximum absolute atomic E-state index is 10.9. The number of esters is 1. The summed E-state index contributed by atoms with van der Waals surface area (Å²) in [6.07, 6.45) is 2.27. The number of carbonyl (C=O) groups excluding carboxylic acids is 1. The van der Waals surface area contributed by atoms with Gasteiger partial charge in [-0.15, -0.1) is 0 Å². The smallest absolute Gasteiger partial charge is 0.374 e. The van der Waals surface area contributed by atoms with Gasteiger partial charge in [0.1, 0.15) is 6.10 Å². The van der Waals surface area contributed by atoms with Gasteiger partial charge in [-0.05, 0) is 12.8 Å². The number of hydrogen-bond acceptors (Lipinski definition) is 3. The quantitative estimate of drug-likeness (QED) is 0.658. The van der Waals surface area contributed by atoms with Gasteiger partial charge < -0.3 is 9.84 Å².